The van der Waals surface area contributed by atoms with Crippen LogP contribution in [0.5, 0.6) is 0 Å². The summed E-state index contributed by atoms with van der Waals surface area (Å²) in [5, 5.41) is 6.22. The highest BCUT2D eigenvalue weighted by atomic mass is 35.5. The Hall–Kier alpha value is -5.47. The summed E-state index contributed by atoms with van der Waals surface area (Å²) in [7, 11) is 0. The summed E-state index contributed by atoms with van der Waals surface area (Å²) in [6, 6.07) is 7.77. The van der Waals surface area contributed by atoms with E-state index in [0.29, 0.717) is 66.6 Å². The first-order valence-corrected chi connectivity index (χ1v) is 21.7. The number of nitrogens with one attached hydrogen (secondary N) is 2. The van der Waals surface area contributed by atoms with Gasteiger partial charge in [0.05, 0.1) is 57.5 Å². The number of hydrogen-bond acceptors (Lipinski definition) is 14. The maximum Gasteiger partial charge on any atom is 0.319 e. The molecule has 8 heterocycles. The van der Waals surface area contributed by atoms with Gasteiger partial charge in [-0.3, -0.25) is 0 Å². The average molecular weight is 908 g/mol. The van der Waals surface area contributed by atoms with Crippen molar-refractivity contribution in [1.82, 2.24) is 63.9 Å². The van der Waals surface area contributed by atoms with Crippen LogP contribution in [0, 0.1) is 0 Å². The van der Waals surface area contributed by atoms with Crippen LogP contribution >= 0.6 is 34.8 Å². The lowest BCUT2D eigenvalue weighted by Gasteiger charge is -2.34. The van der Waals surface area contributed by atoms with Crippen molar-refractivity contribution < 1.29 is 14.3 Å². The number of imidazole rings is 3. The molecule has 2 amide bonds. The lowest BCUT2D eigenvalue weighted by atomic mass is 10.2. The van der Waals surface area contributed by atoms with Crippen LogP contribution in [-0.2, 0) is 29.1 Å². The van der Waals surface area contributed by atoms with E-state index < -0.39 is 0 Å². The quantitative estimate of drug-likeness (QED) is 0.120. The predicted octanol–water partition coefficient (Wildman–Crippen LogP) is 6.76. The van der Waals surface area contributed by atoms with Gasteiger partial charge in [0.2, 0.25) is 10.6 Å². The third-order valence-electron chi connectivity index (χ3n) is 10.3. The Morgan fingerprint density at radius 2 is 1.15 bits per heavy atom. The van der Waals surface area contributed by atoms with Crippen LogP contribution in [0.25, 0.3) is 44.9 Å². The van der Waals surface area contributed by atoms with Crippen molar-refractivity contribution in [3.63, 3.8) is 0 Å². The fourth-order valence-electron chi connectivity index (χ4n) is 7.18. The Kier molecular flexibility index (Phi) is 14.5. The number of benzene rings is 1. The van der Waals surface area contributed by atoms with Crippen LogP contribution in [0.2, 0.25) is 15.7 Å². The number of carbonyl (C=O) groups is 1. The van der Waals surface area contributed by atoms with Gasteiger partial charge in [-0.1, -0.05) is 11.6 Å². The first-order valence-electron chi connectivity index (χ1n) is 20.5. The number of rotatable bonds is 8. The molecule has 19 nitrogen and oxygen atoms in total. The van der Waals surface area contributed by atoms with E-state index in [4.69, 9.17) is 54.2 Å². The summed E-state index contributed by atoms with van der Waals surface area (Å²) in [6.45, 7) is 19.6. The zero-order valence-electron chi connectivity index (χ0n) is 35.4. The first kappa shape index (κ1) is 44.6. The third-order valence-corrected chi connectivity index (χ3v) is 10.9. The van der Waals surface area contributed by atoms with Crippen LogP contribution < -0.4 is 20.4 Å². The number of fused-ring (bicyclic) bond motifs is 3. The lowest BCUT2D eigenvalue weighted by Crippen LogP contribution is -2.44. The van der Waals surface area contributed by atoms with Crippen LogP contribution in [0.1, 0.15) is 41.5 Å². The molecular weight excluding hydrogens is 859 g/mol. The Labute approximate surface area is 373 Å². The van der Waals surface area contributed by atoms with Crippen molar-refractivity contribution >= 4 is 91.6 Å². The third kappa shape index (κ3) is 9.76. The standard InChI is InChI=1S/C21H27N7O2.C12H16ClN5O.C7H6Cl2N4/c1-4-22-21(29)24-16-8-6-15(7-9-16)18-25-19-17(27(5-2)13-23-19)20(26-18)28-10-11-30-12-14(28)3;1-3-17-7-14-10-9(17)11(16-12(13)15-10)18-4-5-19-6-8(18)2;1-2-13-3-10-6-4(13)5(8)11-7(9)12-6/h6-9,13-14H,4-5,10-12H2,1-3H3,(H2,22,24,29);7-8H,3-6H2,1-2H3;3H,2H2,1H3/t14-;8-;/m00./s1. The molecule has 0 radical (unpaired) electrons. The van der Waals surface area contributed by atoms with Gasteiger partial charge in [0.15, 0.2) is 39.6 Å². The molecule has 2 aliphatic heterocycles. The monoisotopic (exact) mass is 906 g/mol. The largest absolute Gasteiger partial charge is 0.377 e. The highest BCUT2D eigenvalue weighted by Crippen LogP contribution is 2.31. The molecule has 1 aromatic carbocycles. The number of halogens is 3. The Balaban J connectivity index is 0.000000153. The van der Waals surface area contributed by atoms with Crippen LogP contribution in [-0.4, -0.2) is 123 Å². The number of aryl methyl sites for hydroxylation is 3. The molecule has 0 bridgehead atoms. The van der Waals surface area contributed by atoms with Gasteiger partial charge in [-0.05, 0) is 89.0 Å². The van der Waals surface area contributed by atoms with Crippen molar-refractivity contribution in [3.8, 4) is 11.4 Å². The van der Waals surface area contributed by atoms with E-state index >= 15 is 0 Å². The smallest absolute Gasteiger partial charge is 0.319 e. The molecule has 62 heavy (non-hydrogen) atoms. The second kappa shape index (κ2) is 20.1. The van der Waals surface area contributed by atoms with Crippen molar-refractivity contribution in [2.75, 3.05) is 61.2 Å². The number of urea groups is 1. The van der Waals surface area contributed by atoms with E-state index in [2.05, 4.69) is 87.6 Å². The van der Waals surface area contributed by atoms with Crippen molar-refractivity contribution in [2.45, 2.75) is 73.3 Å². The molecule has 0 saturated carbocycles. The fraction of sp³-hybridized carbons (Fsp3) is 0.450. The van der Waals surface area contributed by atoms with Gasteiger partial charge < -0.3 is 43.6 Å². The number of nitrogens with zero attached hydrogens (tertiary/aromatic N) is 14. The van der Waals surface area contributed by atoms with Crippen LogP contribution in [0.15, 0.2) is 43.2 Å². The van der Waals surface area contributed by atoms with Crippen molar-refractivity contribution in [3.05, 3.63) is 59.0 Å². The Bertz CT molecular complexity index is 2640. The number of carbonyl (C=O) groups excluding carboxylic acids is 1. The van der Waals surface area contributed by atoms with Crippen LogP contribution in [0.4, 0.5) is 22.1 Å². The summed E-state index contributed by atoms with van der Waals surface area (Å²) in [6.07, 6.45) is 5.27. The molecule has 22 heteroatoms. The molecule has 7 aromatic rings. The number of morpholine rings is 2. The molecule has 2 atom stereocenters. The van der Waals surface area contributed by atoms with E-state index in [1.165, 1.54) is 0 Å². The van der Waals surface area contributed by atoms with Crippen LogP contribution in [0.3, 0.4) is 0 Å². The normalized spacial score (nSPS) is 16.5. The second-order valence-corrected chi connectivity index (χ2v) is 15.4. The molecule has 2 fully saturated rings. The summed E-state index contributed by atoms with van der Waals surface area (Å²) < 4.78 is 17.1. The zero-order valence-corrected chi connectivity index (χ0v) is 37.7. The predicted molar refractivity (Wildman–Crippen MR) is 241 cm³/mol. The Morgan fingerprint density at radius 3 is 1.66 bits per heavy atom. The number of aromatic nitrogens is 12. The SMILES string of the molecule is CCNC(=O)Nc1ccc(-c2nc(N3CCOC[C@@H]3C)c3c(ncn3CC)n2)cc1.CCn1cnc2nc(Cl)nc(Cl)c21.CCn1cnc2nc(Cl)nc(N3CCOC[C@@H]3C)c21. The number of anilines is 3. The minimum absolute atomic E-state index is 0.124. The molecule has 0 aliphatic carbocycles. The van der Waals surface area contributed by atoms with E-state index in [-0.39, 0.29) is 28.7 Å². The summed E-state index contributed by atoms with van der Waals surface area (Å²) in [5.41, 5.74) is 6.07. The number of ether oxygens (including phenoxy) is 2. The summed E-state index contributed by atoms with van der Waals surface area (Å²) in [5.74, 6) is 2.35. The van der Waals surface area contributed by atoms with Gasteiger partial charge in [0.1, 0.15) is 16.6 Å². The van der Waals surface area contributed by atoms with E-state index in [1.54, 1.807) is 12.7 Å². The molecular formula is C40H49Cl3N16O3. The first-order chi connectivity index (χ1) is 30.0. The summed E-state index contributed by atoms with van der Waals surface area (Å²) in [4.78, 5) is 55.1. The summed E-state index contributed by atoms with van der Waals surface area (Å²) >= 11 is 17.5. The molecule has 328 valence electrons. The molecule has 6 aromatic heterocycles. The lowest BCUT2D eigenvalue weighted by molar-refractivity contribution is 0.0986. The van der Waals surface area contributed by atoms with Gasteiger partial charge in [-0.25, -0.2) is 34.7 Å². The Morgan fingerprint density at radius 1 is 0.661 bits per heavy atom. The molecule has 0 unspecified atom stereocenters. The van der Waals surface area contributed by atoms with Gasteiger partial charge in [0, 0.05) is 50.5 Å². The van der Waals surface area contributed by atoms with Crippen molar-refractivity contribution in [1.29, 1.82) is 0 Å². The highest BCUT2D eigenvalue weighted by molar-refractivity contribution is 6.35. The maximum atomic E-state index is 11.7. The highest BCUT2D eigenvalue weighted by Gasteiger charge is 2.27. The fourth-order valence-corrected chi connectivity index (χ4v) is 7.82. The van der Waals surface area contributed by atoms with E-state index in [1.807, 2.05) is 53.6 Å². The number of amides is 2. The van der Waals surface area contributed by atoms with Gasteiger partial charge >= 0.3 is 6.03 Å². The number of hydrogen-bond donors (Lipinski definition) is 2. The maximum absolute atomic E-state index is 11.7. The molecule has 2 N–H and O–H groups in total. The minimum atomic E-state index is -0.225. The molecule has 9 rings (SSSR count). The molecule has 0 spiro atoms. The zero-order chi connectivity index (χ0) is 43.9. The topological polar surface area (TPSA) is 197 Å². The average Bonchev–Trinajstić information content (AvgIpc) is 4.01. The molecule has 2 aliphatic rings. The van der Waals surface area contributed by atoms with E-state index in [9.17, 15) is 4.79 Å². The van der Waals surface area contributed by atoms with E-state index in [0.717, 1.165) is 66.5 Å². The van der Waals surface area contributed by atoms with Gasteiger partial charge in [-0.2, -0.15) is 15.0 Å². The van der Waals surface area contributed by atoms with Crippen molar-refractivity contribution in [2.24, 2.45) is 0 Å². The van der Waals surface area contributed by atoms with Gasteiger partial charge in [-0.15, -0.1) is 0 Å². The minimum Gasteiger partial charge on any atom is -0.377 e. The van der Waals surface area contributed by atoms with Gasteiger partial charge in [0.25, 0.3) is 0 Å². The second-order valence-electron chi connectivity index (χ2n) is 14.4. The molecule has 2 saturated heterocycles.